The standard InChI is InChI=1S/C20H35N/c1-5-18-12-13-19(6-2)20(15-18)11-9-7-8-10-14-21-16-17(3)4/h12-13,15,17,21H,5-11,14,16H2,1-4H3. The molecule has 0 bridgehead atoms. The Morgan fingerprint density at radius 2 is 1.67 bits per heavy atom. The molecule has 0 heterocycles. The molecule has 1 nitrogen and oxygen atoms in total. The quantitative estimate of drug-likeness (QED) is 0.555. The maximum atomic E-state index is 3.53. The van der Waals surface area contributed by atoms with Crippen LogP contribution in [0.25, 0.3) is 0 Å². The average molecular weight is 290 g/mol. The molecule has 0 aliphatic heterocycles. The number of benzene rings is 1. The Morgan fingerprint density at radius 3 is 2.33 bits per heavy atom. The van der Waals surface area contributed by atoms with E-state index in [0.717, 1.165) is 18.9 Å². The number of nitrogens with one attached hydrogen (secondary N) is 1. The molecule has 1 aromatic carbocycles. The van der Waals surface area contributed by atoms with Crippen LogP contribution in [0.2, 0.25) is 0 Å². The van der Waals surface area contributed by atoms with Crippen LogP contribution in [0.3, 0.4) is 0 Å². The van der Waals surface area contributed by atoms with E-state index >= 15 is 0 Å². The molecule has 0 aliphatic carbocycles. The van der Waals surface area contributed by atoms with E-state index in [2.05, 4.69) is 51.2 Å². The fraction of sp³-hybridized carbons (Fsp3) is 0.700. The van der Waals surface area contributed by atoms with Gasteiger partial charge >= 0.3 is 0 Å². The van der Waals surface area contributed by atoms with Crippen molar-refractivity contribution in [1.82, 2.24) is 5.32 Å². The zero-order valence-corrected chi connectivity index (χ0v) is 14.7. The maximum Gasteiger partial charge on any atom is -0.00258 e. The van der Waals surface area contributed by atoms with Crippen molar-refractivity contribution in [2.45, 2.75) is 72.6 Å². The van der Waals surface area contributed by atoms with Crippen LogP contribution in [0, 0.1) is 5.92 Å². The maximum absolute atomic E-state index is 3.53. The van der Waals surface area contributed by atoms with E-state index in [0.29, 0.717) is 0 Å². The van der Waals surface area contributed by atoms with E-state index < -0.39 is 0 Å². The van der Waals surface area contributed by atoms with Crippen molar-refractivity contribution in [3.8, 4) is 0 Å². The van der Waals surface area contributed by atoms with E-state index in [9.17, 15) is 0 Å². The molecule has 0 unspecified atom stereocenters. The van der Waals surface area contributed by atoms with Crippen LogP contribution >= 0.6 is 0 Å². The Labute approximate surface area is 132 Å². The Hall–Kier alpha value is -0.820. The molecule has 0 aliphatic rings. The van der Waals surface area contributed by atoms with Gasteiger partial charge in [-0.15, -0.1) is 0 Å². The molecule has 0 saturated carbocycles. The lowest BCUT2D eigenvalue weighted by Gasteiger charge is -2.10. The molecule has 21 heavy (non-hydrogen) atoms. The van der Waals surface area contributed by atoms with Crippen LogP contribution in [0.4, 0.5) is 0 Å². The Bertz CT molecular complexity index is 381. The third-order valence-electron chi connectivity index (χ3n) is 4.16. The van der Waals surface area contributed by atoms with E-state index in [1.807, 2.05) is 0 Å². The van der Waals surface area contributed by atoms with Crippen molar-refractivity contribution in [2.24, 2.45) is 5.92 Å². The summed E-state index contributed by atoms with van der Waals surface area (Å²) in [6, 6.07) is 7.07. The van der Waals surface area contributed by atoms with Gasteiger partial charge in [0.2, 0.25) is 0 Å². The second-order valence-corrected chi connectivity index (χ2v) is 6.57. The number of hydrogen-bond acceptors (Lipinski definition) is 1. The first-order valence-corrected chi connectivity index (χ1v) is 8.98. The summed E-state index contributed by atoms with van der Waals surface area (Å²) < 4.78 is 0. The molecule has 1 rings (SSSR count). The monoisotopic (exact) mass is 289 g/mol. The predicted molar refractivity (Wildman–Crippen MR) is 95.1 cm³/mol. The molecule has 1 N–H and O–H groups in total. The van der Waals surface area contributed by atoms with Crippen molar-refractivity contribution in [3.63, 3.8) is 0 Å². The van der Waals surface area contributed by atoms with Crippen LogP contribution in [-0.2, 0) is 19.3 Å². The Morgan fingerprint density at radius 1 is 0.905 bits per heavy atom. The second-order valence-electron chi connectivity index (χ2n) is 6.57. The van der Waals surface area contributed by atoms with Gasteiger partial charge in [-0.05, 0) is 67.8 Å². The zero-order chi connectivity index (χ0) is 15.5. The van der Waals surface area contributed by atoms with Gasteiger partial charge in [0.05, 0.1) is 0 Å². The van der Waals surface area contributed by atoms with Crippen LogP contribution in [-0.4, -0.2) is 13.1 Å². The lowest BCUT2D eigenvalue weighted by molar-refractivity contribution is 0.526. The summed E-state index contributed by atoms with van der Waals surface area (Å²) in [5.74, 6) is 0.767. The van der Waals surface area contributed by atoms with Gasteiger partial charge in [0, 0.05) is 0 Å². The van der Waals surface area contributed by atoms with Crippen molar-refractivity contribution in [3.05, 3.63) is 34.9 Å². The minimum Gasteiger partial charge on any atom is -0.316 e. The predicted octanol–water partition coefficient (Wildman–Crippen LogP) is 5.16. The normalized spacial score (nSPS) is 11.3. The van der Waals surface area contributed by atoms with Crippen LogP contribution in [0.15, 0.2) is 18.2 Å². The SMILES string of the molecule is CCc1ccc(CC)c(CCCCCCNCC(C)C)c1. The second kappa shape index (κ2) is 10.8. The minimum atomic E-state index is 0.767. The van der Waals surface area contributed by atoms with Gasteiger partial charge in [-0.2, -0.15) is 0 Å². The van der Waals surface area contributed by atoms with E-state index in [1.54, 1.807) is 11.1 Å². The lowest BCUT2D eigenvalue weighted by atomic mass is 9.96. The van der Waals surface area contributed by atoms with E-state index in [1.165, 1.54) is 50.6 Å². The van der Waals surface area contributed by atoms with Gasteiger partial charge < -0.3 is 5.32 Å². The van der Waals surface area contributed by atoms with Gasteiger partial charge in [0.15, 0.2) is 0 Å². The molecule has 0 amide bonds. The van der Waals surface area contributed by atoms with Gasteiger partial charge in [0.25, 0.3) is 0 Å². The summed E-state index contributed by atoms with van der Waals surface area (Å²) in [7, 11) is 0. The fourth-order valence-corrected chi connectivity index (χ4v) is 2.79. The number of hydrogen-bond donors (Lipinski definition) is 1. The third kappa shape index (κ3) is 7.66. The van der Waals surface area contributed by atoms with Gasteiger partial charge in [-0.25, -0.2) is 0 Å². The molecular weight excluding hydrogens is 254 g/mol. The van der Waals surface area contributed by atoms with Crippen LogP contribution in [0.1, 0.15) is 70.1 Å². The van der Waals surface area contributed by atoms with E-state index in [4.69, 9.17) is 0 Å². The van der Waals surface area contributed by atoms with Crippen LogP contribution in [0.5, 0.6) is 0 Å². The Balaban J connectivity index is 2.20. The van der Waals surface area contributed by atoms with Gasteiger partial charge in [-0.1, -0.05) is 58.7 Å². The minimum absolute atomic E-state index is 0.767. The highest BCUT2D eigenvalue weighted by Gasteiger charge is 2.02. The van der Waals surface area contributed by atoms with Crippen molar-refractivity contribution < 1.29 is 0 Å². The summed E-state index contributed by atoms with van der Waals surface area (Å²) in [6.45, 7) is 11.4. The molecule has 0 atom stereocenters. The highest BCUT2D eigenvalue weighted by molar-refractivity contribution is 5.32. The molecule has 0 fully saturated rings. The fourth-order valence-electron chi connectivity index (χ4n) is 2.79. The summed E-state index contributed by atoms with van der Waals surface area (Å²) in [5, 5.41) is 3.53. The van der Waals surface area contributed by atoms with Gasteiger partial charge in [0.1, 0.15) is 0 Å². The summed E-state index contributed by atoms with van der Waals surface area (Å²) >= 11 is 0. The van der Waals surface area contributed by atoms with E-state index in [-0.39, 0.29) is 0 Å². The first-order chi connectivity index (χ1) is 10.2. The lowest BCUT2D eigenvalue weighted by Crippen LogP contribution is -2.20. The molecule has 0 radical (unpaired) electrons. The first-order valence-electron chi connectivity index (χ1n) is 8.98. The third-order valence-corrected chi connectivity index (χ3v) is 4.16. The summed E-state index contributed by atoms with van der Waals surface area (Å²) in [5.41, 5.74) is 4.63. The van der Waals surface area contributed by atoms with Crippen molar-refractivity contribution in [2.75, 3.05) is 13.1 Å². The Kier molecular flexibility index (Phi) is 9.41. The average Bonchev–Trinajstić information content (AvgIpc) is 2.49. The van der Waals surface area contributed by atoms with Crippen molar-refractivity contribution >= 4 is 0 Å². The number of unbranched alkanes of at least 4 members (excludes halogenated alkanes) is 3. The molecule has 120 valence electrons. The molecule has 1 aromatic rings. The number of aryl methyl sites for hydroxylation is 3. The smallest absolute Gasteiger partial charge is 0.00258 e. The summed E-state index contributed by atoms with van der Waals surface area (Å²) in [6.07, 6.45) is 8.96. The zero-order valence-electron chi connectivity index (χ0n) is 14.7. The van der Waals surface area contributed by atoms with Gasteiger partial charge in [-0.3, -0.25) is 0 Å². The van der Waals surface area contributed by atoms with Crippen LogP contribution < -0.4 is 5.32 Å². The molecule has 0 saturated heterocycles. The number of rotatable bonds is 11. The molecular formula is C20H35N. The largest absolute Gasteiger partial charge is 0.316 e. The highest BCUT2D eigenvalue weighted by Crippen LogP contribution is 2.17. The molecule has 0 aromatic heterocycles. The summed E-state index contributed by atoms with van der Waals surface area (Å²) in [4.78, 5) is 0. The van der Waals surface area contributed by atoms with Crippen molar-refractivity contribution in [1.29, 1.82) is 0 Å². The highest BCUT2D eigenvalue weighted by atomic mass is 14.8. The molecule has 0 spiro atoms. The molecule has 1 heteroatoms. The first kappa shape index (κ1) is 18.2. The topological polar surface area (TPSA) is 12.0 Å².